The van der Waals surface area contributed by atoms with E-state index in [-0.39, 0.29) is 12.3 Å². The van der Waals surface area contributed by atoms with Gasteiger partial charge in [-0.25, -0.2) is 0 Å². The molecular formula is C16H20N2O3. The van der Waals surface area contributed by atoms with Crippen LogP contribution in [0.1, 0.15) is 12.5 Å². The molecular weight excluding hydrogens is 268 g/mol. The van der Waals surface area contributed by atoms with Crippen molar-refractivity contribution >= 4 is 11.4 Å². The number of nitrogens with zero attached hydrogens (tertiary/aromatic N) is 1. The van der Waals surface area contributed by atoms with Crippen LogP contribution < -0.4 is 5.32 Å². The number of nitrogens with one attached hydrogen (secondary N) is 1. The largest absolute Gasteiger partial charge is 0.396 e. The second kappa shape index (κ2) is 9.50. The molecule has 112 valence electrons. The first-order valence-electron chi connectivity index (χ1n) is 6.81. The molecule has 2 N–H and O–H groups in total. The lowest BCUT2D eigenvalue weighted by Crippen LogP contribution is -2.01. The highest BCUT2D eigenvalue weighted by atomic mass is 16.6. The number of aliphatic hydroxyl groups is 1. The Morgan fingerprint density at radius 2 is 1.71 bits per heavy atom. The molecule has 2 aromatic carbocycles. The minimum Gasteiger partial charge on any atom is -0.396 e. The zero-order valence-electron chi connectivity index (χ0n) is 12.0. The predicted octanol–water partition coefficient (Wildman–Crippen LogP) is 3.25. The SMILES string of the molecule is CCNc1ccccc1CCO.O=[N+]([O-])c1ccccc1. The average Bonchev–Trinajstić information content (AvgIpc) is 2.51. The van der Waals surface area contributed by atoms with Crippen LogP contribution in [0.25, 0.3) is 0 Å². The molecule has 0 saturated heterocycles. The molecule has 0 radical (unpaired) electrons. The molecule has 0 amide bonds. The summed E-state index contributed by atoms with van der Waals surface area (Å²) in [7, 11) is 0. The molecule has 0 aliphatic rings. The van der Waals surface area contributed by atoms with Crippen molar-refractivity contribution in [3.63, 3.8) is 0 Å². The topological polar surface area (TPSA) is 75.4 Å². The monoisotopic (exact) mass is 288 g/mol. The van der Waals surface area contributed by atoms with Gasteiger partial charge in [0.15, 0.2) is 0 Å². The van der Waals surface area contributed by atoms with Crippen LogP contribution in [0.15, 0.2) is 54.6 Å². The van der Waals surface area contributed by atoms with Crippen molar-refractivity contribution in [2.75, 3.05) is 18.5 Å². The molecule has 0 aliphatic heterocycles. The van der Waals surface area contributed by atoms with Crippen molar-refractivity contribution in [2.45, 2.75) is 13.3 Å². The molecule has 0 unspecified atom stereocenters. The van der Waals surface area contributed by atoms with E-state index in [2.05, 4.69) is 12.2 Å². The van der Waals surface area contributed by atoms with Crippen molar-refractivity contribution in [1.82, 2.24) is 0 Å². The molecule has 0 heterocycles. The summed E-state index contributed by atoms with van der Waals surface area (Å²) in [5, 5.41) is 22.0. The summed E-state index contributed by atoms with van der Waals surface area (Å²) in [6.07, 6.45) is 0.725. The first-order valence-corrected chi connectivity index (χ1v) is 6.81. The summed E-state index contributed by atoms with van der Waals surface area (Å²) >= 11 is 0. The Hall–Kier alpha value is -2.40. The van der Waals surface area contributed by atoms with E-state index in [0.29, 0.717) is 0 Å². The maximum atomic E-state index is 10.0. The maximum absolute atomic E-state index is 10.0. The van der Waals surface area contributed by atoms with E-state index in [1.54, 1.807) is 18.2 Å². The highest BCUT2D eigenvalue weighted by Gasteiger charge is 1.99. The van der Waals surface area contributed by atoms with E-state index in [1.165, 1.54) is 17.7 Å². The summed E-state index contributed by atoms with van der Waals surface area (Å²) in [4.78, 5) is 9.59. The second-order valence-corrected chi connectivity index (χ2v) is 4.25. The normalized spacial score (nSPS) is 9.43. The van der Waals surface area contributed by atoms with Gasteiger partial charge in [0.1, 0.15) is 0 Å². The summed E-state index contributed by atoms with van der Waals surface area (Å²) in [6.45, 7) is 3.20. The standard InChI is InChI=1S/C10H15NO.C6H5NO2/c1-2-11-10-6-4-3-5-9(10)7-8-12;8-7(9)6-4-2-1-3-5-6/h3-6,11-12H,2,7-8H2,1H3;1-5H. The van der Waals surface area contributed by atoms with Crippen LogP contribution in [0.3, 0.4) is 0 Å². The number of hydrogen-bond acceptors (Lipinski definition) is 4. The first kappa shape index (κ1) is 16.7. The van der Waals surface area contributed by atoms with Crippen LogP contribution in [-0.4, -0.2) is 23.2 Å². The molecule has 2 rings (SSSR count). The maximum Gasteiger partial charge on any atom is 0.269 e. The van der Waals surface area contributed by atoms with Crippen molar-refractivity contribution in [1.29, 1.82) is 0 Å². The zero-order chi connectivity index (χ0) is 15.5. The summed E-state index contributed by atoms with van der Waals surface area (Å²) in [6, 6.07) is 16.0. The van der Waals surface area contributed by atoms with Crippen LogP contribution >= 0.6 is 0 Å². The summed E-state index contributed by atoms with van der Waals surface area (Å²) < 4.78 is 0. The van der Waals surface area contributed by atoms with Gasteiger partial charge in [0, 0.05) is 31.0 Å². The van der Waals surface area contributed by atoms with Crippen molar-refractivity contribution in [2.24, 2.45) is 0 Å². The van der Waals surface area contributed by atoms with E-state index in [4.69, 9.17) is 5.11 Å². The molecule has 5 nitrogen and oxygen atoms in total. The smallest absolute Gasteiger partial charge is 0.269 e. The summed E-state index contributed by atoms with van der Waals surface area (Å²) in [5.74, 6) is 0. The number of benzene rings is 2. The number of rotatable bonds is 5. The Morgan fingerprint density at radius 1 is 1.10 bits per heavy atom. The third-order valence-corrected chi connectivity index (χ3v) is 2.73. The van der Waals surface area contributed by atoms with Gasteiger partial charge in [-0.3, -0.25) is 10.1 Å². The number of nitro benzene ring substituents is 1. The van der Waals surface area contributed by atoms with Crippen molar-refractivity contribution < 1.29 is 10.0 Å². The van der Waals surface area contributed by atoms with Gasteiger partial charge in [0.05, 0.1) is 4.92 Å². The van der Waals surface area contributed by atoms with E-state index >= 15 is 0 Å². The molecule has 21 heavy (non-hydrogen) atoms. The van der Waals surface area contributed by atoms with Gasteiger partial charge < -0.3 is 10.4 Å². The Labute approximate surface area is 124 Å². The molecule has 0 atom stereocenters. The summed E-state index contributed by atoms with van der Waals surface area (Å²) in [5.41, 5.74) is 2.45. The number of para-hydroxylation sites is 2. The van der Waals surface area contributed by atoms with Gasteiger partial charge in [-0.2, -0.15) is 0 Å². The zero-order valence-corrected chi connectivity index (χ0v) is 12.0. The number of non-ortho nitro benzene ring substituents is 1. The molecule has 0 bridgehead atoms. The Bertz CT molecular complexity index is 519. The molecule has 0 saturated carbocycles. The fraction of sp³-hybridized carbons (Fsp3) is 0.250. The van der Waals surface area contributed by atoms with E-state index in [9.17, 15) is 10.1 Å². The van der Waals surface area contributed by atoms with E-state index in [0.717, 1.165) is 18.7 Å². The Balaban J connectivity index is 0.000000219. The predicted molar refractivity (Wildman–Crippen MR) is 84.5 cm³/mol. The van der Waals surface area contributed by atoms with Crippen LogP contribution in [0.2, 0.25) is 0 Å². The number of hydrogen-bond donors (Lipinski definition) is 2. The second-order valence-electron chi connectivity index (χ2n) is 4.25. The Kier molecular flexibility index (Phi) is 7.53. The first-order chi connectivity index (χ1) is 10.2. The fourth-order valence-electron chi connectivity index (χ4n) is 1.77. The van der Waals surface area contributed by atoms with Crippen LogP contribution in [0.4, 0.5) is 11.4 Å². The lowest BCUT2D eigenvalue weighted by Gasteiger charge is -2.08. The molecule has 5 heteroatoms. The molecule has 2 aromatic rings. The fourth-order valence-corrected chi connectivity index (χ4v) is 1.77. The van der Waals surface area contributed by atoms with Crippen LogP contribution in [0.5, 0.6) is 0 Å². The van der Waals surface area contributed by atoms with Gasteiger partial charge in [-0.1, -0.05) is 36.4 Å². The minimum absolute atomic E-state index is 0.137. The molecule has 0 spiro atoms. The molecule has 0 aliphatic carbocycles. The number of anilines is 1. The van der Waals surface area contributed by atoms with E-state index < -0.39 is 4.92 Å². The van der Waals surface area contributed by atoms with Crippen LogP contribution in [0, 0.1) is 10.1 Å². The van der Waals surface area contributed by atoms with E-state index in [1.807, 2.05) is 24.3 Å². The van der Waals surface area contributed by atoms with Gasteiger partial charge in [0.2, 0.25) is 0 Å². The third kappa shape index (κ3) is 6.05. The minimum atomic E-state index is -0.417. The number of nitro groups is 1. The van der Waals surface area contributed by atoms with Crippen molar-refractivity contribution in [3.8, 4) is 0 Å². The van der Waals surface area contributed by atoms with Gasteiger partial charge >= 0.3 is 0 Å². The Morgan fingerprint density at radius 3 is 2.24 bits per heavy atom. The highest BCUT2D eigenvalue weighted by molar-refractivity contribution is 5.50. The quantitative estimate of drug-likeness (QED) is 0.654. The van der Waals surface area contributed by atoms with Crippen molar-refractivity contribution in [3.05, 3.63) is 70.3 Å². The van der Waals surface area contributed by atoms with Gasteiger partial charge in [0.25, 0.3) is 5.69 Å². The number of aliphatic hydroxyl groups excluding tert-OH is 1. The van der Waals surface area contributed by atoms with Gasteiger partial charge in [-0.15, -0.1) is 0 Å². The lowest BCUT2D eigenvalue weighted by atomic mass is 10.1. The average molecular weight is 288 g/mol. The molecule has 0 aromatic heterocycles. The lowest BCUT2D eigenvalue weighted by molar-refractivity contribution is -0.384. The van der Waals surface area contributed by atoms with Gasteiger partial charge in [-0.05, 0) is 25.0 Å². The third-order valence-electron chi connectivity index (χ3n) is 2.73. The molecule has 0 fully saturated rings. The van der Waals surface area contributed by atoms with Crippen LogP contribution in [-0.2, 0) is 6.42 Å². The highest BCUT2D eigenvalue weighted by Crippen LogP contribution is 2.14.